The first-order valence-corrected chi connectivity index (χ1v) is 11.3. The minimum absolute atomic E-state index is 0.00621. The second-order valence-electron chi connectivity index (χ2n) is 10.5. The van der Waals surface area contributed by atoms with Crippen molar-refractivity contribution in [3.8, 4) is 0 Å². The van der Waals surface area contributed by atoms with Gasteiger partial charge in [-0.05, 0) is 91.9 Å². The van der Waals surface area contributed by atoms with Crippen LogP contribution in [0.4, 0.5) is 0 Å². The van der Waals surface area contributed by atoms with E-state index in [-0.39, 0.29) is 12.0 Å². The summed E-state index contributed by atoms with van der Waals surface area (Å²) >= 11 is 0. The highest BCUT2D eigenvalue weighted by molar-refractivity contribution is 5.91. The summed E-state index contributed by atoms with van der Waals surface area (Å²) in [7, 11) is 0. The SMILES string of the molecule is CC[C@]12CCC3C(C1[C@@H]1C[C@@H]1[C@@]2(O)C=CCO)[C@H]1C[C@H]1C1=CC(=O)CC[C@@H]13. The molecule has 5 saturated carbocycles. The maximum Gasteiger partial charge on any atom is 0.155 e. The molecular formula is C24H32O3. The fraction of sp³-hybridized carbons (Fsp3) is 0.792. The van der Waals surface area contributed by atoms with Gasteiger partial charge < -0.3 is 10.2 Å². The van der Waals surface area contributed by atoms with Crippen LogP contribution >= 0.6 is 0 Å². The van der Waals surface area contributed by atoms with Crippen LogP contribution in [0.2, 0.25) is 0 Å². The van der Waals surface area contributed by atoms with E-state index in [1.807, 2.05) is 12.2 Å². The van der Waals surface area contributed by atoms with Crippen LogP contribution in [-0.2, 0) is 4.79 Å². The summed E-state index contributed by atoms with van der Waals surface area (Å²) in [4.78, 5) is 12.0. The number of hydrogen-bond donors (Lipinski definition) is 2. The topological polar surface area (TPSA) is 57.5 Å². The zero-order valence-electron chi connectivity index (χ0n) is 16.3. The fourth-order valence-corrected chi connectivity index (χ4v) is 9.03. The summed E-state index contributed by atoms with van der Waals surface area (Å²) in [6, 6.07) is 0. The quantitative estimate of drug-likeness (QED) is 0.750. The molecule has 3 nitrogen and oxygen atoms in total. The summed E-state index contributed by atoms with van der Waals surface area (Å²) < 4.78 is 0. The molecule has 27 heavy (non-hydrogen) atoms. The van der Waals surface area contributed by atoms with Crippen molar-refractivity contribution in [2.45, 2.75) is 57.5 Å². The molecule has 0 heterocycles. The third-order valence-electron chi connectivity index (χ3n) is 9.98. The second kappa shape index (κ2) is 5.36. The van der Waals surface area contributed by atoms with E-state index in [2.05, 4.69) is 6.92 Å². The Hall–Kier alpha value is -0.930. The lowest BCUT2D eigenvalue weighted by Gasteiger charge is -2.58. The van der Waals surface area contributed by atoms with E-state index in [9.17, 15) is 15.0 Å². The minimum Gasteiger partial charge on any atom is -0.392 e. The Morgan fingerprint density at radius 1 is 1.19 bits per heavy atom. The van der Waals surface area contributed by atoms with Crippen LogP contribution in [0.3, 0.4) is 0 Å². The van der Waals surface area contributed by atoms with E-state index in [0.29, 0.717) is 35.4 Å². The number of allylic oxidation sites excluding steroid dienone is 1. The van der Waals surface area contributed by atoms with Gasteiger partial charge in [-0.2, -0.15) is 0 Å². The number of fused-ring (bicyclic) bond motifs is 10. The molecule has 0 aromatic carbocycles. The smallest absolute Gasteiger partial charge is 0.155 e. The van der Waals surface area contributed by atoms with Gasteiger partial charge in [0.15, 0.2) is 5.78 Å². The molecule has 0 spiro atoms. The van der Waals surface area contributed by atoms with Crippen molar-refractivity contribution in [2.24, 2.45) is 52.8 Å². The standard InChI is InChI=1S/C24H32O3/c1-2-23-8-6-15-14-5-4-13(26)10-16(14)17-11-18(17)21(15)22(23)19-12-20(19)24(23,27)7-3-9-25/h3,7,10,14-15,17-22,25,27H,2,4-6,8-9,11-12H2,1H3/t14-,15?,17+,18+,19-,20+,21?,22?,23+,24+/m1/s1. The van der Waals surface area contributed by atoms with E-state index in [4.69, 9.17) is 0 Å². The van der Waals surface area contributed by atoms with Crippen LogP contribution in [0.25, 0.3) is 0 Å². The lowest BCUT2D eigenvalue weighted by atomic mass is 9.47. The first-order chi connectivity index (χ1) is 13.1. The zero-order chi connectivity index (χ0) is 18.6. The molecule has 6 aliphatic rings. The van der Waals surface area contributed by atoms with E-state index < -0.39 is 5.60 Å². The number of aliphatic hydroxyl groups excluding tert-OH is 1. The van der Waals surface area contributed by atoms with Crippen LogP contribution < -0.4 is 0 Å². The highest BCUT2D eigenvalue weighted by Crippen LogP contribution is 2.80. The Bertz CT molecular complexity index is 753. The monoisotopic (exact) mass is 368 g/mol. The molecule has 0 aliphatic heterocycles. The van der Waals surface area contributed by atoms with Crippen LogP contribution in [0, 0.1) is 52.8 Å². The van der Waals surface area contributed by atoms with Gasteiger partial charge >= 0.3 is 0 Å². The highest BCUT2D eigenvalue weighted by atomic mass is 16.3. The summed E-state index contributed by atoms with van der Waals surface area (Å²) in [5.74, 6) is 5.68. The predicted molar refractivity (Wildman–Crippen MR) is 103 cm³/mol. The number of ketones is 1. The van der Waals surface area contributed by atoms with Crippen LogP contribution in [0.1, 0.15) is 51.9 Å². The van der Waals surface area contributed by atoms with Crippen molar-refractivity contribution < 1.29 is 15.0 Å². The Kier molecular flexibility index (Phi) is 3.37. The molecule has 0 amide bonds. The molecule has 5 fully saturated rings. The number of carbonyl (C=O) groups excluding carboxylic acids is 1. The van der Waals surface area contributed by atoms with Gasteiger partial charge in [-0.1, -0.05) is 24.6 Å². The Labute approximate surface area is 161 Å². The molecule has 0 aromatic rings. The van der Waals surface area contributed by atoms with Crippen LogP contribution in [-0.4, -0.2) is 28.2 Å². The normalized spacial score (nSPS) is 57.3. The molecule has 0 radical (unpaired) electrons. The average Bonchev–Trinajstić information content (AvgIpc) is 3.58. The predicted octanol–water partition coefficient (Wildman–Crippen LogP) is 3.51. The lowest BCUT2D eigenvalue weighted by Crippen LogP contribution is -2.56. The van der Waals surface area contributed by atoms with Crippen molar-refractivity contribution in [1.82, 2.24) is 0 Å². The largest absolute Gasteiger partial charge is 0.392 e. The summed E-state index contributed by atoms with van der Waals surface area (Å²) in [6.45, 7) is 2.30. The van der Waals surface area contributed by atoms with E-state index in [1.165, 1.54) is 24.8 Å². The van der Waals surface area contributed by atoms with Gasteiger partial charge in [0.25, 0.3) is 0 Å². The highest BCUT2D eigenvalue weighted by Gasteiger charge is 2.78. The van der Waals surface area contributed by atoms with Crippen LogP contribution in [0.5, 0.6) is 0 Å². The van der Waals surface area contributed by atoms with Gasteiger partial charge in [-0.25, -0.2) is 0 Å². The van der Waals surface area contributed by atoms with Crippen molar-refractivity contribution in [2.75, 3.05) is 6.61 Å². The number of hydrogen-bond acceptors (Lipinski definition) is 3. The van der Waals surface area contributed by atoms with E-state index in [1.54, 1.807) is 6.08 Å². The lowest BCUT2D eigenvalue weighted by molar-refractivity contribution is -0.130. The van der Waals surface area contributed by atoms with Crippen molar-refractivity contribution in [3.05, 3.63) is 23.8 Å². The molecular weight excluding hydrogens is 336 g/mol. The first-order valence-electron chi connectivity index (χ1n) is 11.3. The molecule has 0 bridgehead atoms. The van der Waals surface area contributed by atoms with Gasteiger partial charge in [0, 0.05) is 11.8 Å². The zero-order valence-corrected chi connectivity index (χ0v) is 16.3. The van der Waals surface area contributed by atoms with Crippen molar-refractivity contribution >= 4 is 5.78 Å². The molecule has 10 atom stereocenters. The summed E-state index contributed by atoms with van der Waals surface area (Å²) in [6.07, 6.45) is 13.5. The molecule has 6 rings (SSSR count). The minimum atomic E-state index is -0.714. The maximum absolute atomic E-state index is 12.0. The first kappa shape index (κ1) is 17.0. The molecule has 3 heteroatoms. The van der Waals surface area contributed by atoms with Gasteiger partial charge in [-0.15, -0.1) is 0 Å². The average molecular weight is 369 g/mol. The molecule has 0 aromatic heterocycles. The van der Waals surface area contributed by atoms with Gasteiger partial charge in [0.1, 0.15) is 0 Å². The molecule has 2 N–H and O–H groups in total. The molecule has 6 aliphatic carbocycles. The number of carbonyl (C=O) groups is 1. The van der Waals surface area contributed by atoms with Gasteiger partial charge in [-0.3, -0.25) is 4.79 Å². The third kappa shape index (κ3) is 1.93. The van der Waals surface area contributed by atoms with Gasteiger partial charge in [0.05, 0.1) is 12.2 Å². The summed E-state index contributed by atoms with van der Waals surface area (Å²) in [5.41, 5.74) is 0.808. The summed E-state index contributed by atoms with van der Waals surface area (Å²) in [5, 5.41) is 21.2. The van der Waals surface area contributed by atoms with E-state index >= 15 is 0 Å². The number of rotatable bonds is 3. The van der Waals surface area contributed by atoms with Gasteiger partial charge in [0.2, 0.25) is 0 Å². The fourth-order valence-electron chi connectivity index (χ4n) is 9.03. The maximum atomic E-state index is 12.0. The second-order valence-corrected chi connectivity index (χ2v) is 10.5. The van der Waals surface area contributed by atoms with E-state index in [0.717, 1.165) is 43.4 Å². The number of aliphatic hydroxyl groups is 2. The Morgan fingerprint density at radius 2 is 2.04 bits per heavy atom. The molecule has 3 unspecified atom stereocenters. The van der Waals surface area contributed by atoms with Crippen molar-refractivity contribution in [1.29, 1.82) is 0 Å². The van der Waals surface area contributed by atoms with Crippen LogP contribution in [0.15, 0.2) is 23.8 Å². The van der Waals surface area contributed by atoms with Crippen molar-refractivity contribution in [3.63, 3.8) is 0 Å². The Morgan fingerprint density at radius 3 is 2.81 bits per heavy atom. The third-order valence-corrected chi connectivity index (χ3v) is 9.98. The Balaban J connectivity index is 1.41. The molecule has 146 valence electrons. The molecule has 0 saturated heterocycles.